The molecule has 1 heterocycles. The average Bonchev–Trinajstić information content (AvgIpc) is 3.04. The Balaban J connectivity index is 1.63. The number of nitrogens with one attached hydrogen (secondary N) is 1. The van der Waals surface area contributed by atoms with Crippen molar-refractivity contribution in [2.45, 2.75) is 18.9 Å². The van der Waals surface area contributed by atoms with E-state index in [0.717, 1.165) is 12.8 Å². The molecule has 1 aliphatic carbocycles. The van der Waals surface area contributed by atoms with Crippen LogP contribution in [-0.2, 0) is 12.8 Å². The summed E-state index contributed by atoms with van der Waals surface area (Å²) >= 11 is 0. The van der Waals surface area contributed by atoms with Crippen LogP contribution >= 0.6 is 0 Å². The summed E-state index contributed by atoms with van der Waals surface area (Å²) in [5.41, 5.74) is 2.81. The number of carbonyl (C=O) groups excluding carboxylic acids is 1. The number of hydrogen-bond donors (Lipinski definition) is 1. The molecule has 0 saturated carbocycles. The fourth-order valence-corrected chi connectivity index (χ4v) is 3.33. The average molecular weight is 319 g/mol. The van der Waals surface area contributed by atoms with Crippen molar-refractivity contribution in [3.05, 3.63) is 75.8 Å². The number of aromatic amines is 1. The zero-order valence-electron chi connectivity index (χ0n) is 13.3. The zero-order valence-corrected chi connectivity index (χ0v) is 13.3. The Morgan fingerprint density at radius 2 is 1.71 bits per heavy atom. The Bertz CT molecular complexity index is 968. The third kappa shape index (κ3) is 2.38. The van der Waals surface area contributed by atoms with Gasteiger partial charge in [-0.25, -0.2) is 4.98 Å². The number of hydrogen-bond acceptors (Lipinski definition) is 3. The maximum Gasteiger partial charge on any atom is 0.289 e. The minimum Gasteiger partial charge on any atom is -0.335 e. The van der Waals surface area contributed by atoms with E-state index in [1.165, 1.54) is 11.1 Å². The van der Waals surface area contributed by atoms with Gasteiger partial charge in [0.15, 0.2) is 5.82 Å². The van der Waals surface area contributed by atoms with Crippen LogP contribution in [-0.4, -0.2) is 33.9 Å². The minimum atomic E-state index is -0.285. The lowest BCUT2D eigenvalue weighted by molar-refractivity contribution is 0.0725. The van der Waals surface area contributed by atoms with Gasteiger partial charge in [0.25, 0.3) is 11.5 Å². The molecule has 1 aromatic heterocycles. The van der Waals surface area contributed by atoms with Crippen LogP contribution in [0.25, 0.3) is 10.9 Å². The molecule has 0 fully saturated rings. The number of rotatable bonds is 2. The van der Waals surface area contributed by atoms with Gasteiger partial charge in [-0.2, -0.15) is 0 Å². The first-order valence-electron chi connectivity index (χ1n) is 7.96. The lowest BCUT2D eigenvalue weighted by Crippen LogP contribution is -2.39. The van der Waals surface area contributed by atoms with Gasteiger partial charge in [0.2, 0.25) is 0 Å². The van der Waals surface area contributed by atoms with Crippen LogP contribution < -0.4 is 5.56 Å². The summed E-state index contributed by atoms with van der Waals surface area (Å²) in [5, 5.41) is 0.491. The number of likely N-dealkylation sites (N-methyl/N-ethyl adjacent to an activating group) is 1. The second-order valence-electron chi connectivity index (χ2n) is 6.18. The predicted octanol–water partition coefficient (Wildman–Crippen LogP) is 2.16. The number of fused-ring (bicyclic) bond motifs is 2. The Morgan fingerprint density at radius 1 is 1.08 bits per heavy atom. The van der Waals surface area contributed by atoms with Crippen LogP contribution in [0.4, 0.5) is 0 Å². The van der Waals surface area contributed by atoms with E-state index < -0.39 is 0 Å². The standard InChI is InChI=1S/C19H17N3O2/c1-22(14-10-12-6-2-3-7-13(12)11-14)19(24)17-20-16-9-5-4-8-15(16)18(23)21-17/h2-9,14H,10-11H2,1H3,(H,20,21,23). The molecule has 24 heavy (non-hydrogen) atoms. The molecule has 0 unspecified atom stereocenters. The first-order chi connectivity index (χ1) is 11.6. The topological polar surface area (TPSA) is 66.1 Å². The Morgan fingerprint density at radius 3 is 2.42 bits per heavy atom. The van der Waals surface area contributed by atoms with E-state index >= 15 is 0 Å². The van der Waals surface area contributed by atoms with E-state index in [1.807, 2.05) is 12.1 Å². The number of H-pyrrole nitrogens is 1. The highest BCUT2D eigenvalue weighted by atomic mass is 16.2. The first-order valence-corrected chi connectivity index (χ1v) is 7.96. The predicted molar refractivity (Wildman–Crippen MR) is 92.1 cm³/mol. The van der Waals surface area contributed by atoms with Crippen molar-refractivity contribution in [3.63, 3.8) is 0 Å². The molecule has 5 nitrogen and oxygen atoms in total. The van der Waals surface area contributed by atoms with Crippen molar-refractivity contribution < 1.29 is 4.79 Å². The van der Waals surface area contributed by atoms with E-state index in [0.29, 0.717) is 10.9 Å². The van der Waals surface area contributed by atoms with Crippen LogP contribution in [0.15, 0.2) is 53.3 Å². The maximum absolute atomic E-state index is 12.8. The van der Waals surface area contributed by atoms with Crippen molar-refractivity contribution >= 4 is 16.8 Å². The number of aromatic nitrogens is 2. The first kappa shape index (κ1) is 14.6. The van der Waals surface area contributed by atoms with Crippen molar-refractivity contribution in [1.82, 2.24) is 14.9 Å². The largest absolute Gasteiger partial charge is 0.335 e. The van der Waals surface area contributed by atoms with E-state index in [9.17, 15) is 9.59 Å². The number of para-hydroxylation sites is 1. The highest BCUT2D eigenvalue weighted by molar-refractivity contribution is 5.92. The molecule has 1 N–H and O–H groups in total. The normalized spacial score (nSPS) is 13.9. The molecule has 0 atom stereocenters. The third-order valence-electron chi connectivity index (χ3n) is 4.71. The smallest absolute Gasteiger partial charge is 0.289 e. The summed E-state index contributed by atoms with van der Waals surface area (Å²) < 4.78 is 0. The van der Waals surface area contributed by atoms with Gasteiger partial charge in [0, 0.05) is 13.1 Å². The molecule has 0 bridgehead atoms. The lowest BCUT2D eigenvalue weighted by Gasteiger charge is -2.23. The SMILES string of the molecule is CN(C(=O)c1nc2ccccc2c(=O)[nH]1)C1Cc2ccccc2C1. The van der Waals surface area contributed by atoms with Gasteiger partial charge in [-0.1, -0.05) is 36.4 Å². The van der Waals surface area contributed by atoms with Crippen molar-refractivity contribution in [1.29, 1.82) is 0 Å². The summed E-state index contributed by atoms with van der Waals surface area (Å²) in [6, 6.07) is 15.4. The van der Waals surface area contributed by atoms with Gasteiger partial charge in [-0.15, -0.1) is 0 Å². The van der Waals surface area contributed by atoms with Gasteiger partial charge in [0.1, 0.15) is 0 Å². The third-order valence-corrected chi connectivity index (χ3v) is 4.71. The van der Waals surface area contributed by atoms with Crippen LogP contribution in [0, 0.1) is 0 Å². The molecule has 3 aromatic rings. The van der Waals surface area contributed by atoms with Gasteiger partial charge in [0.05, 0.1) is 10.9 Å². The highest BCUT2D eigenvalue weighted by Crippen LogP contribution is 2.25. The molecule has 0 spiro atoms. The van der Waals surface area contributed by atoms with Crippen LogP contribution in [0.1, 0.15) is 21.7 Å². The van der Waals surface area contributed by atoms with E-state index in [2.05, 4.69) is 22.1 Å². The van der Waals surface area contributed by atoms with Gasteiger partial charge < -0.3 is 9.88 Å². The summed E-state index contributed by atoms with van der Waals surface area (Å²) in [6.45, 7) is 0. The molecule has 0 radical (unpaired) electrons. The molecule has 0 aliphatic heterocycles. The lowest BCUT2D eigenvalue weighted by atomic mass is 10.1. The number of amides is 1. The second kappa shape index (κ2) is 5.60. The quantitative estimate of drug-likeness (QED) is 0.787. The van der Waals surface area contributed by atoms with Crippen molar-refractivity contribution in [2.24, 2.45) is 0 Å². The van der Waals surface area contributed by atoms with E-state index in [-0.39, 0.29) is 23.3 Å². The molecule has 5 heteroatoms. The zero-order chi connectivity index (χ0) is 16.7. The van der Waals surface area contributed by atoms with Gasteiger partial charge >= 0.3 is 0 Å². The van der Waals surface area contributed by atoms with Gasteiger partial charge in [-0.05, 0) is 36.1 Å². The van der Waals surface area contributed by atoms with Crippen LogP contribution in [0.5, 0.6) is 0 Å². The maximum atomic E-state index is 12.8. The molecule has 0 saturated heterocycles. The summed E-state index contributed by atoms with van der Waals surface area (Å²) in [6.07, 6.45) is 1.66. The van der Waals surface area contributed by atoms with Crippen molar-refractivity contribution in [3.8, 4) is 0 Å². The van der Waals surface area contributed by atoms with Crippen LogP contribution in [0.3, 0.4) is 0 Å². The van der Waals surface area contributed by atoms with E-state index in [4.69, 9.17) is 0 Å². The molecular formula is C19H17N3O2. The Hall–Kier alpha value is -2.95. The summed E-state index contributed by atoms with van der Waals surface area (Å²) in [7, 11) is 1.77. The molecule has 4 rings (SSSR count). The monoisotopic (exact) mass is 319 g/mol. The van der Waals surface area contributed by atoms with Crippen molar-refractivity contribution in [2.75, 3.05) is 7.05 Å². The Labute approximate surface area is 139 Å². The fourth-order valence-electron chi connectivity index (χ4n) is 3.33. The fraction of sp³-hybridized carbons (Fsp3) is 0.211. The summed E-state index contributed by atoms with van der Waals surface area (Å²) in [5.74, 6) is -0.159. The molecular weight excluding hydrogens is 302 g/mol. The van der Waals surface area contributed by atoms with E-state index in [1.54, 1.807) is 36.2 Å². The highest BCUT2D eigenvalue weighted by Gasteiger charge is 2.28. The minimum absolute atomic E-state index is 0.0895. The van der Waals surface area contributed by atoms with Gasteiger partial charge in [-0.3, -0.25) is 9.59 Å². The number of nitrogens with zero attached hydrogens (tertiary/aromatic N) is 2. The number of carbonyl (C=O) groups is 1. The molecule has 120 valence electrons. The number of benzene rings is 2. The second-order valence-corrected chi connectivity index (χ2v) is 6.18. The summed E-state index contributed by atoms with van der Waals surface area (Å²) in [4.78, 5) is 33.6. The molecule has 2 aromatic carbocycles. The molecule has 1 aliphatic rings. The molecule has 1 amide bonds. The van der Waals surface area contributed by atoms with Crippen LogP contribution in [0.2, 0.25) is 0 Å². The Kier molecular flexibility index (Phi) is 3.41.